The molecule has 0 spiro atoms. The Hall–Kier alpha value is -1.75. The van der Waals surface area contributed by atoms with Crippen LogP contribution in [0.1, 0.15) is 93.4 Å². The van der Waals surface area contributed by atoms with Crippen LogP contribution < -0.4 is 0 Å². The van der Waals surface area contributed by atoms with Gasteiger partial charge in [-0.3, -0.25) is 4.79 Å². The zero-order chi connectivity index (χ0) is 66.0. The predicted octanol–water partition coefficient (Wildman–Crippen LogP) is -6.62. The van der Waals surface area contributed by atoms with Crippen LogP contribution in [-0.2, 0) is 52.2 Å². The highest BCUT2D eigenvalue weighted by Crippen LogP contribution is 2.75. The first-order chi connectivity index (χ1) is 42.1. The molecule has 0 aromatic carbocycles. The summed E-state index contributed by atoms with van der Waals surface area (Å²) in [6.07, 6.45) is -42.0. The van der Waals surface area contributed by atoms with Gasteiger partial charge in [0.1, 0.15) is 128 Å². The predicted molar refractivity (Wildman–Crippen MR) is 298 cm³/mol. The average molecular weight is 1300 g/mol. The zero-order valence-corrected chi connectivity index (χ0v) is 51.7. The van der Waals surface area contributed by atoms with Crippen LogP contribution in [0.5, 0.6) is 0 Å². The molecule has 0 bridgehead atoms. The smallest absolute Gasteiger partial charge is 0.187 e. The molecule has 9 fully saturated rings. The molecule has 5 saturated heterocycles. The molecule has 30 heteroatoms. The minimum atomic E-state index is -2.07. The number of aliphatic hydroxyl groups excluding tert-OH is 19. The summed E-state index contributed by atoms with van der Waals surface area (Å²) in [6.45, 7) is 9.93. The highest BCUT2D eigenvalue weighted by Gasteiger charge is 2.73. The van der Waals surface area contributed by atoms with Crippen LogP contribution in [0.25, 0.3) is 0 Å². The number of hydrogen-bond donors (Lipinski definition) is 19. The lowest BCUT2D eigenvalue weighted by molar-refractivity contribution is -0.375. The summed E-state index contributed by atoms with van der Waals surface area (Å²) in [5.74, 6) is -1.35. The summed E-state index contributed by atoms with van der Waals surface area (Å²) in [6, 6.07) is 0. The SMILES string of the molecule is CC1(C)C[C@H]2C3=CC[C@@H]4[C@@]5(C)CC[C@H](O[C@@H]6O[C@H](CO[C@@H]7O[C@H](CO)[C@@H](O)[C@H](O)[C@H]7O)[C@@H](O)[C@H](O)[C@H]6O)C(C)(C)[C@@H]5CC[C@@]4(C)[C@]3(C)CC(=O)[C@@]2(CO[C@@H]2O[C@H](CO[C@@H]3O[C@H](CO)[C@@H](O)[C@H](O)[C@H]3O)[C@@H](O)[C@H](O)[C@H]2O[C@@H]2O[C@H](CO)[C@@H](O)[C@H](O)[C@H]2O)[C@@H](O)[C@@H]1O. The van der Waals surface area contributed by atoms with Gasteiger partial charge in [0, 0.05) is 11.8 Å². The topological polar surface area (TPSA) is 494 Å². The average Bonchev–Trinajstić information content (AvgIpc) is 0.672. The van der Waals surface area contributed by atoms with Crippen LogP contribution >= 0.6 is 0 Å². The zero-order valence-electron chi connectivity index (χ0n) is 51.7. The van der Waals surface area contributed by atoms with E-state index in [4.69, 9.17) is 47.4 Å². The number of Topliss-reactive ketones (excluding diaryl/α,β-unsaturated/α-hetero) is 1. The Balaban J connectivity index is 0.902. The maximum Gasteiger partial charge on any atom is 0.187 e. The maximum atomic E-state index is 15.9. The summed E-state index contributed by atoms with van der Waals surface area (Å²) >= 11 is 0. The molecule has 10 rings (SSSR count). The number of aliphatic hydroxyl groups is 19. The molecule has 0 aromatic heterocycles. The largest absolute Gasteiger partial charge is 0.394 e. The van der Waals surface area contributed by atoms with Gasteiger partial charge in [-0.1, -0.05) is 60.1 Å². The fraction of sp³-hybridized carbons (Fsp3) is 0.950. The minimum Gasteiger partial charge on any atom is -0.394 e. The third kappa shape index (κ3) is 11.6. The Bertz CT molecular complexity index is 2510. The first-order valence-corrected chi connectivity index (χ1v) is 31.5. The third-order valence-electron chi connectivity index (χ3n) is 23.6. The number of carbonyl (C=O) groups is 1. The summed E-state index contributed by atoms with van der Waals surface area (Å²) in [7, 11) is 0. The lowest BCUT2D eigenvalue weighted by atomic mass is 9.33. The van der Waals surface area contributed by atoms with Gasteiger partial charge in [-0.15, -0.1) is 0 Å². The van der Waals surface area contributed by atoms with E-state index in [9.17, 15) is 97.0 Å². The van der Waals surface area contributed by atoms with E-state index in [1.807, 2.05) is 0 Å². The molecule has 35 atom stereocenters. The molecule has 0 amide bonds. The monoisotopic (exact) mass is 1300 g/mol. The molecule has 5 heterocycles. The quantitative estimate of drug-likeness (QED) is 0.0505. The van der Waals surface area contributed by atoms with Crippen LogP contribution in [0.4, 0.5) is 0 Å². The molecule has 90 heavy (non-hydrogen) atoms. The molecule has 5 aliphatic heterocycles. The molecule has 0 radical (unpaired) electrons. The number of hydrogen-bond acceptors (Lipinski definition) is 30. The number of ether oxygens (including phenoxy) is 10. The lowest BCUT2D eigenvalue weighted by Gasteiger charge is -2.71. The Morgan fingerprint density at radius 2 is 0.922 bits per heavy atom. The highest BCUT2D eigenvalue weighted by atomic mass is 16.8. The molecule has 4 saturated carbocycles. The number of ketones is 1. The van der Waals surface area contributed by atoms with Crippen molar-refractivity contribution in [3.05, 3.63) is 11.6 Å². The van der Waals surface area contributed by atoms with Gasteiger partial charge in [0.05, 0.1) is 63.4 Å². The van der Waals surface area contributed by atoms with Gasteiger partial charge >= 0.3 is 0 Å². The van der Waals surface area contributed by atoms with Crippen LogP contribution in [0.15, 0.2) is 11.6 Å². The van der Waals surface area contributed by atoms with Gasteiger partial charge in [0.15, 0.2) is 31.5 Å². The van der Waals surface area contributed by atoms with E-state index in [1.165, 1.54) is 0 Å². The second kappa shape index (κ2) is 26.2. The van der Waals surface area contributed by atoms with Crippen LogP contribution in [0.3, 0.4) is 0 Å². The van der Waals surface area contributed by atoms with Crippen molar-refractivity contribution in [1.29, 1.82) is 0 Å². The second-order valence-electron chi connectivity index (χ2n) is 29.3. The van der Waals surface area contributed by atoms with Crippen LogP contribution in [0.2, 0.25) is 0 Å². The van der Waals surface area contributed by atoms with Crippen molar-refractivity contribution >= 4 is 5.78 Å². The van der Waals surface area contributed by atoms with Crippen molar-refractivity contribution in [2.75, 3.05) is 39.6 Å². The van der Waals surface area contributed by atoms with E-state index in [2.05, 4.69) is 40.7 Å². The van der Waals surface area contributed by atoms with Crippen molar-refractivity contribution in [2.45, 2.75) is 265 Å². The molecule has 518 valence electrons. The van der Waals surface area contributed by atoms with E-state index >= 15 is 4.79 Å². The second-order valence-corrected chi connectivity index (χ2v) is 29.3. The molecule has 0 unspecified atom stereocenters. The van der Waals surface area contributed by atoms with Gasteiger partial charge in [-0.05, 0) is 77.9 Å². The van der Waals surface area contributed by atoms with E-state index in [1.54, 1.807) is 13.8 Å². The molecule has 10 aliphatic rings. The summed E-state index contributed by atoms with van der Waals surface area (Å²) < 4.78 is 59.5. The molecule has 19 N–H and O–H groups in total. The molecule has 5 aliphatic carbocycles. The van der Waals surface area contributed by atoms with Crippen LogP contribution in [-0.4, -0.2) is 314 Å². The Labute approximate surface area is 520 Å². The molecule has 30 nitrogen and oxygen atoms in total. The van der Waals surface area contributed by atoms with Gasteiger partial charge in [-0.2, -0.15) is 0 Å². The molecular formula is C60H98O30. The number of allylic oxidation sites excluding steroid dienone is 2. The van der Waals surface area contributed by atoms with E-state index < -0.39 is 256 Å². The van der Waals surface area contributed by atoms with Gasteiger partial charge in [0.25, 0.3) is 0 Å². The van der Waals surface area contributed by atoms with Crippen molar-refractivity contribution in [3.63, 3.8) is 0 Å². The first kappa shape index (κ1) is 71.0. The van der Waals surface area contributed by atoms with Crippen molar-refractivity contribution in [2.24, 2.45) is 50.2 Å². The summed E-state index contributed by atoms with van der Waals surface area (Å²) in [4.78, 5) is 15.9. The number of carbonyl (C=O) groups excluding carboxylic acids is 1. The first-order valence-electron chi connectivity index (χ1n) is 31.5. The Morgan fingerprint density at radius 3 is 1.43 bits per heavy atom. The summed E-state index contributed by atoms with van der Waals surface area (Å²) in [5, 5.41) is 206. The van der Waals surface area contributed by atoms with Crippen molar-refractivity contribution < 1.29 is 149 Å². The third-order valence-corrected chi connectivity index (χ3v) is 23.6. The Kier molecular flexibility index (Phi) is 20.7. The van der Waals surface area contributed by atoms with E-state index in [0.29, 0.717) is 32.1 Å². The van der Waals surface area contributed by atoms with E-state index in [0.717, 1.165) is 5.57 Å². The highest BCUT2D eigenvalue weighted by molar-refractivity contribution is 5.90. The van der Waals surface area contributed by atoms with Gasteiger partial charge in [-0.25, -0.2) is 0 Å². The lowest BCUT2D eigenvalue weighted by Crippen LogP contribution is -2.71. The minimum absolute atomic E-state index is 0.0340. The Morgan fingerprint density at radius 1 is 0.478 bits per heavy atom. The van der Waals surface area contributed by atoms with Crippen LogP contribution in [0, 0.1) is 50.2 Å². The number of rotatable bonds is 16. The fourth-order valence-corrected chi connectivity index (χ4v) is 17.8. The van der Waals surface area contributed by atoms with E-state index in [-0.39, 0.29) is 24.7 Å². The van der Waals surface area contributed by atoms with Crippen molar-refractivity contribution in [1.82, 2.24) is 0 Å². The standard InChI is InChI=1S/C60H98O30/c1-55(2)14-23-22-8-9-30-57(5)12-11-32(89-52-45(77)41(73)36(68)27(87-52)19-81-50-43(75)38(70)33(65)24(16-61)84-50)56(3,4)29(57)10-13-58(30,6)59(22,7)15-31(64)60(23,49(80)48(55)79)21-83-54-47(90-53-46(78)40(72)35(67)26(18-63)86-53)42(74)37(69)28(88-54)20-82-51-44(76)39(71)34(66)25(17-62)85-51/h8,23-30,32-54,61-63,65-80H,9-21H2,1-7H3/t23-,24+,25+,26+,27+,28+,29-,30+,32-,33+,34+,35+,36+,37+,38-,39-,40-,41-,42-,43+,44+,45+,46+,47+,48-,49-,50+,51+,52-,53-,54+,57-,58+,59+,60-/m0/s1. The maximum absolute atomic E-state index is 15.9. The van der Waals surface area contributed by atoms with Gasteiger partial charge < -0.3 is 144 Å². The normalized spacial score (nSPS) is 54.4. The molecule has 0 aromatic rings. The fourth-order valence-electron chi connectivity index (χ4n) is 17.8. The summed E-state index contributed by atoms with van der Waals surface area (Å²) in [5.41, 5.74) is -4.54. The van der Waals surface area contributed by atoms with Crippen molar-refractivity contribution in [3.8, 4) is 0 Å². The van der Waals surface area contributed by atoms with Gasteiger partial charge in [0.2, 0.25) is 0 Å². The molecular weight excluding hydrogens is 1200 g/mol. The number of fused-ring (bicyclic) bond motifs is 7.